The highest BCUT2D eigenvalue weighted by atomic mass is 19.1. The summed E-state index contributed by atoms with van der Waals surface area (Å²) in [6, 6.07) is 10.9. The lowest BCUT2D eigenvalue weighted by atomic mass is 9.81. The molecule has 0 saturated heterocycles. The molecule has 166 valence electrons. The van der Waals surface area contributed by atoms with Crippen molar-refractivity contribution in [3.05, 3.63) is 77.1 Å². The van der Waals surface area contributed by atoms with Gasteiger partial charge < -0.3 is 14.6 Å². The minimum Gasteiger partial charge on any atom is -0.459 e. The zero-order valence-corrected chi connectivity index (χ0v) is 18.3. The standard InChI is InChI=1S/C25H24F2N2O3/c1-14(2)32-24(31)16-12-29(23(30)20-17(26)9-7-10-18(20)27)13-25(3,4)21-15-8-5-6-11-19(15)28-22(16)21/h5-12,14,28H,13H2,1-4H3. The normalized spacial score (nSPS) is 15.3. The summed E-state index contributed by atoms with van der Waals surface area (Å²) in [4.78, 5) is 30.8. The molecule has 1 N–H and O–H groups in total. The molecule has 1 aromatic heterocycles. The van der Waals surface area contributed by atoms with Crippen LogP contribution in [-0.2, 0) is 14.9 Å². The van der Waals surface area contributed by atoms with Crippen LogP contribution in [0.4, 0.5) is 8.78 Å². The maximum absolute atomic E-state index is 14.4. The van der Waals surface area contributed by atoms with Crippen molar-refractivity contribution < 1.29 is 23.1 Å². The van der Waals surface area contributed by atoms with Crippen LogP contribution in [0.3, 0.4) is 0 Å². The number of fused-ring (bicyclic) bond motifs is 3. The maximum Gasteiger partial charge on any atom is 0.342 e. The first-order valence-electron chi connectivity index (χ1n) is 10.4. The highest BCUT2D eigenvalue weighted by molar-refractivity contribution is 6.18. The van der Waals surface area contributed by atoms with Gasteiger partial charge in [0.15, 0.2) is 0 Å². The van der Waals surface area contributed by atoms with E-state index in [1.807, 2.05) is 38.1 Å². The van der Waals surface area contributed by atoms with Crippen LogP contribution in [0, 0.1) is 11.6 Å². The number of para-hydroxylation sites is 1. The molecule has 0 atom stereocenters. The number of carbonyl (C=O) groups excluding carboxylic acids is 2. The third kappa shape index (κ3) is 3.68. The summed E-state index contributed by atoms with van der Waals surface area (Å²) >= 11 is 0. The Hall–Kier alpha value is -3.48. The summed E-state index contributed by atoms with van der Waals surface area (Å²) in [5, 5.41) is 0.905. The Bertz CT molecular complexity index is 1240. The molecule has 4 rings (SSSR count). The van der Waals surface area contributed by atoms with Gasteiger partial charge in [0.05, 0.1) is 17.4 Å². The largest absolute Gasteiger partial charge is 0.459 e. The maximum atomic E-state index is 14.4. The van der Waals surface area contributed by atoms with Crippen molar-refractivity contribution in [3.8, 4) is 0 Å². The van der Waals surface area contributed by atoms with Crippen molar-refractivity contribution in [1.29, 1.82) is 0 Å². The van der Waals surface area contributed by atoms with Crippen LogP contribution in [0.5, 0.6) is 0 Å². The number of halogens is 2. The number of aromatic amines is 1. The van der Waals surface area contributed by atoms with E-state index < -0.39 is 34.5 Å². The number of esters is 1. The second-order valence-corrected chi connectivity index (χ2v) is 8.83. The SMILES string of the molecule is CC(C)OC(=O)C1=CN(C(=O)c2c(F)cccc2F)CC(C)(C)c2c1[nH]c1ccccc21. The number of hydrogen-bond acceptors (Lipinski definition) is 3. The Balaban J connectivity index is 1.93. The molecule has 1 aliphatic heterocycles. The molecule has 0 radical (unpaired) electrons. The second kappa shape index (κ2) is 7.89. The zero-order chi connectivity index (χ0) is 23.2. The highest BCUT2D eigenvalue weighted by Crippen LogP contribution is 2.40. The van der Waals surface area contributed by atoms with Crippen molar-refractivity contribution in [2.45, 2.75) is 39.2 Å². The third-order valence-corrected chi connectivity index (χ3v) is 5.50. The predicted molar refractivity (Wildman–Crippen MR) is 118 cm³/mol. The number of aromatic nitrogens is 1. The average Bonchev–Trinajstić information content (AvgIpc) is 3.05. The quantitative estimate of drug-likeness (QED) is 0.574. The smallest absolute Gasteiger partial charge is 0.342 e. The first kappa shape index (κ1) is 21.7. The van der Waals surface area contributed by atoms with Crippen LogP contribution in [0.25, 0.3) is 16.5 Å². The topological polar surface area (TPSA) is 62.4 Å². The number of hydrogen-bond donors (Lipinski definition) is 1. The van der Waals surface area contributed by atoms with Crippen LogP contribution in [-0.4, -0.2) is 34.4 Å². The number of rotatable bonds is 3. The fourth-order valence-corrected chi connectivity index (χ4v) is 4.23. The average molecular weight is 438 g/mol. The summed E-state index contributed by atoms with van der Waals surface area (Å²) in [5.41, 5.74) is 1.03. The summed E-state index contributed by atoms with van der Waals surface area (Å²) in [5.74, 6) is -3.41. The molecule has 7 heteroatoms. The van der Waals surface area contributed by atoms with E-state index in [2.05, 4.69) is 4.98 Å². The van der Waals surface area contributed by atoms with Crippen molar-refractivity contribution in [2.24, 2.45) is 0 Å². The molecule has 2 heterocycles. The minimum atomic E-state index is -0.958. The summed E-state index contributed by atoms with van der Waals surface area (Å²) in [6.45, 7) is 7.40. The number of nitrogens with zero attached hydrogens (tertiary/aromatic N) is 1. The number of carbonyl (C=O) groups is 2. The van der Waals surface area contributed by atoms with Gasteiger partial charge in [-0.3, -0.25) is 4.79 Å². The van der Waals surface area contributed by atoms with E-state index in [0.717, 1.165) is 28.6 Å². The number of amides is 1. The van der Waals surface area contributed by atoms with Gasteiger partial charge in [0.1, 0.15) is 17.2 Å². The van der Waals surface area contributed by atoms with Crippen molar-refractivity contribution >= 4 is 28.4 Å². The zero-order valence-electron chi connectivity index (χ0n) is 18.3. The van der Waals surface area contributed by atoms with E-state index in [4.69, 9.17) is 4.74 Å². The molecule has 1 amide bonds. The van der Waals surface area contributed by atoms with Gasteiger partial charge in [-0.1, -0.05) is 38.1 Å². The molecule has 0 saturated carbocycles. The Morgan fingerprint density at radius 3 is 2.38 bits per heavy atom. The van der Waals surface area contributed by atoms with Gasteiger partial charge in [-0.05, 0) is 37.6 Å². The van der Waals surface area contributed by atoms with Crippen molar-refractivity contribution in [1.82, 2.24) is 9.88 Å². The van der Waals surface area contributed by atoms with Crippen molar-refractivity contribution in [3.63, 3.8) is 0 Å². The number of benzene rings is 2. The monoisotopic (exact) mass is 438 g/mol. The van der Waals surface area contributed by atoms with Gasteiger partial charge in [0.25, 0.3) is 5.91 Å². The molecular formula is C25H24F2N2O3. The number of nitrogens with one attached hydrogen (secondary N) is 1. The Kier molecular flexibility index (Phi) is 5.36. The fraction of sp³-hybridized carbons (Fsp3) is 0.280. The van der Waals surface area contributed by atoms with Gasteiger partial charge in [-0.25, -0.2) is 13.6 Å². The molecule has 3 aromatic rings. The van der Waals surface area contributed by atoms with Crippen LogP contribution in [0.1, 0.15) is 49.3 Å². The molecule has 32 heavy (non-hydrogen) atoms. The van der Waals surface area contributed by atoms with Gasteiger partial charge in [-0.15, -0.1) is 0 Å². The van der Waals surface area contributed by atoms with Gasteiger partial charge >= 0.3 is 5.97 Å². The second-order valence-electron chi connectivity index (χ2n) is 8.83. The van der Waals surface area contributed by atoms with E-state index in [0.29, 0.717) is 5.69 Å². The van der Waals surface area contributed by atoms with Gasteiger partial charge in [-0.2, -0.15) is 0 Å². The Labute approximate surface area is 184 Å². The van der Waals surface area contributed by atoms with E-state index >= 15 is 0 Å². The summed E-state index contributed by atoms with van der Waals surface area (Å²) < 4.78 is 34.2. The minimum absolute atomic E-state index is 0.104. The van der Waals surface area contributed by atoms with Gasteiger partial charge in [0, 0.05) is 29.1 Å². The summed E-state index contributed by atoms with van der Waals surface area (Å²) in [6.07, 6.45) is 0.947. The van der Waals surface area contributed by atoms with Crippen LogP contribution in [0.15, 0.2) is 48.7 Å². The third-order valence-electron chi connectivity index (χ3n) is 5.50. The Morgan fingerprint density at radius 2 is 1.72 bits per heavy atom. The van der Waals surface area contributed by atoms with Gasteiger partial charge in [0.2, 0.25) is 0 Å². The van der Waals surface area contributed by atoms with Crippen LogP contribution < -0.4 is 0 Å². The molecule has 5 nitrogen and oxygen atoms in total. The van der Waals surface area contributed by atoms with E-state index in [1.165, 1.54) is 17.2 Å². The Morgan fingerprint density at radius 1 is 1.06 bits per heavy atom. The first-order chi connectivity index (χ1) is 15.1. The lowest BCUT2D eigenvalue weighted by Gasteiger charge is -2.29. The predicted octanol–water partition coefficient (Wildman–Crippen LogP) is 5.17. The lowest BCUT2D eigenvalue weighted by molar-refractivity contribution is -0.140. The van der Waals surface area contributed by atoms with Crippen LogP contribution in [0.2, 0.25) is 0 Å². The number of H-pyrrole nitrogens is 1. The molecule has 1 aliphatic rings. The molecule has 0 aliphatic carbocycles. The van der Waals surface area contributed by atoms with Crippen molar-refractivity contribution in [2.75, 3.05) is 6.54 Å². The van der Waals surface area contributed by atoms with E-state index in [9.17, 15) is 18.4 Å². The first-order valence-corrected chi connectivity index (χ1v) is 10.4. The molecule has 0 spiro atoms. The molecule has 0 bridgehead atoms. The molecular weight excluding hydrogens is 414 g/mol. The summed E-state index contributed by atoms with van der Waals surface area (Å²) in [7, 11) is 0. The molecule has 2 aromatic carbocycles. The fourth-order valence-electron chi connectivity index (χ4n) is 4.23. The van der Waals surface area contributed by atoms with E-state index in [1.54, 1.807) is 13.8 Å². The van der Waals surface area contributed by atoms with Crippen LogP contribution >= 0.6 is 0 Å². The highest BCUT2D eigenvalue weighted by Gasteiger charge is 2.38. The molecule has 0 unspecified atom stereocenters. The lowest BCUT2D eigenvalue weighted by Crippen LogP contribution is -2.37. The van der Waals surface area contributed by atoms with E-state index in [-0.39, 0.29) is 18.2 Å². The molecule has 0 fully saturated rings. The number of ether oxygens (including phenoxy) is 1.